The number of carbonyl (C=O) groups is 1. The SMILES string of the molecule is COc1ccc(CCNC(=O)c2cc(S(=O)(=O)N3CCCCC3)ccc2Cl)cc1OC. The molecule has 0 saturated carbocycles. The fourth-order valence-corrected chi connectivity index (χ4v) is 5.29. The lowest BCUT2D eigenvalue weighted by Crippen LogP contribution is -2.35. The molecule has 0 unspecified atom stereocenters. The van der Waals surface area contributed by atoms with Crippen LogP contribution >= 0.6 is 11.6 Å². The molecule has 0 aliphatic carbocycles. The molecule has 31 heavy (non-hydrogen) atoms. The Labute approximate surface area is 188 Å². The lowest BCUT2D eigenvalue weighted by Gasteiger charge is -2.26. The summed E-state index contributed by atoms with van der Waals surface area (Å²) in [4.78, 5) is 12.8. The molecule has 1 N–H and O–H groups in total. The van der Waals surface area contributed by atoms with Crippen molar-refractivity contribution in [3.63, 3.8) is 0 Å². The summed E-state index contributed by atoms with van der Waals surface area (Å²) in [5, 5.41) is 3.02. The molecule has 1 fully saturated rings. The molecule has 2 aromatic carbocycles. The van der Waals surface area contributed by atoms with Crippen molar-refractivity contribution in [3.8, 4) is 11.5 Å². The van der Waals surface area contributed by atoms with Gasteiger partial charge in [0.1, 0.15) is 0 Å². The lowest BCUT2D eigenvalue weighted by atomic mass is 10.1. The van der Waals surface area contributed by atoms with Crippen LogP contribution in [0.15, 0.2) is 41.3 Å². The maximum Gasteiger partial charge on any atom is 0.252 e. The molecule has 0 radical (unpaired) electrons. The van der Waals surface area contributed by atoms with Gasteiger partial charge in [0.05, 0.1) is 29.7 Å². The van der Waals surface area contributed by atoms with Gasteiger partial charge in [0.2, 0.25) is 10.0 Å². The second-order valence-corrected chi connectivity index (χ2v) is 9.65. The van der Waals surface area contributed by atoms with E-state index < -0.39 is 15.9 Å². The van der Waals surface area contributed by atoms with Crippen molar-refractivity contribution in [2.24, 2.45) is 0 Å². The first-order valence-electron chi connectivity index (χ1n) is 10.2. The maximum absolute atomic E-state index is 12.9. The van der Waals surface area contributed by atoms with E-state index in [0.717, 1.165) is 24.8 Å². The van der Waals surface area contributed by atoms with Crippen LogP contribution in [0.4, 0.5) is 0 Å². The minimum absolute atomic E-state index is 0.0869. The molecule has 0 spiro atoms. The van der Waals surface area contributed by atoms with E-state index in [1.165, 1.54) is 22.5 Å². The van der Waals surface area contributed by atoms with Gasteiger partial charge in [0, 0.05) is 19.6 Å². The number of benzene rings is 2. The van der Waals surface area contributed by atoms with E-state index in [4.69, 9.17) is 21.1 Å². The molecule has 3 rings (SSSR count). The summed E-state index contributed by atoms with van der Waals surface area (Å²) in [6.07, 6.45) is 3.28. The summed E-state index contributed by atoms with van der Waals surface area (Å²) in [6.45, 7) is 1.35. The molecule has 0 aromatic heterocycles. The molecule has 1 aliphatic heterocycles. The van der Waals surface area contributed by atoms with Crippen LogP contribution in [-0.2, 0) is 16.4 Å². The zero-order valence-electron chi connectivity index (χ0n) is 17.7. The van der Waals surface area contributed by atoms with Crippen molar-refractivity contribution in [3.05, 3.63) is 52.5 Å². The number of hydrogen-bond donors (Lipinski definition) is 1. The highest BCUT2D eigenvalue weighted by molar-refractivity contribution is 7.89. The van der Waals surface area contributed by atoms with Gasteiger partial charge in [-0.3, -0.25) is 4.79 Å². The number of carbonyl (C=O) groups excluding carboxylic acids is 1. The number of hydrogen-bond acceptors (Lipinski definition) is 5. The predicted octanol–water partition coefficient (Wildman–Crippen LogP) is 3.50. The van der Waals surface area contributed by atoms with Crippen LogP contribution in [0.1, 0.15) is 35.2 Å². The van der Waals surface area contributed by atoms with Crippen molar-refractivity contribution in [2.45, 2.75) is 30.6 Å². The van der Waals surface area contributed by atoms with Crippen LogP contribution in [0, 0.1) is 0 Å². The number of methoxy groups -OCH3 is 2. The molecule has 168 valence electrons. The van der Waals surface area contributed by atoms with E-state index in [-0.39, 0.29) is 15.5 Å². The first-order valence-corrected chi connectivity index (χ1v) is 12.0. The van der Waals surface area contributed by atoms with Crippen molar-refractivity contribution in [2.75, 3.05) is 33.9 Å². The Morgan fingerprint density at radius 2 is 1.74 bits per heavy atom. The van der Waals surface area contributed by atoms with Gasteiger partial charge in [-0.25, -0.2) is 8.42 Å². The summed E-state index contributed by atoms with van der Waals surface area (Å²) in [6, 6.07) is 9.82. The number of ether oxygens (including phenoxy) is 2. The Morgan fingerprint density at radius 3 is 2.42 bits per heavy atom. The highest BCUT2D eigenvalue weighted by Gasteiger charge is 2.27. The zero-order valence-corrected chi connectivity index (χ0v) is 19.3. The quantitative estimate of drug-likeness (QED) is 0.643. The number of rotatable bonds is 8. The van der Waals surface area contributed by atoms with Gasteiger partial charge in [-0.1, -0.05) is 24.1 Å². The third-order valence-corrected chi connectivity index (χ3v) is 7.51. The Kier molecular flexibility index (Phi) is 7.80. The van der Waals surface area contributed by atoms with E-state index in [0.29, 0.717) is 37.6 Å². The number of sulfonamides is 1. The highest BCUT2D eigenvalue weighted by atomic mass is 35.5. The van der Waals surface area contributed by atoms with Crippen molar-refractivity contribution >= 4 is 27.5 Å². The van der Waals surface area contributed by atoms with Gasteiger partial charge in [-0.2, -0.15) is 4.31 Å². The van der Waals surface area contributed by atoms with Crippen molar-refractivity contribution in [1.29, 1.82) is 0 Å². The normalized spacial score (nSPS) is 14.8. The number of nitrogens with zero attached hydrogens (tertiary/aromatic N) is 1. The van der Waals surface area contributed by atoms with E-state index in [1.807, 2.05) is 18.2 Å². The summed E-state index contributed by atoms with van der Waals surface area (Å²) in [5.74, 6) is 0.833. The Balaban J connectivity index is 1.68. The molecular formula is C22H27ClN2O5S. The van der Waals surface area contributed by atoms with Gasteiger partial charge in [-0.15, -0.1) is 0 Å². The molecule has 1 heterocycles. The smallest absolute Gasteiger partial charge is 0.252 e. The first-order chi connectivity index (χ1) is 14.9. The van der Waals surface area contributed by atoms with Crippen LogP contribution in [0.5, 0.6) is 11.5 Å². The summed E-state index contributed by atoms with van der Waals surface area (Å²) in [7, 11) is -0.507. The Bertz CT molecular complexity index is 1040. The third kappa shape index (κ3) is 5.50. The van der Waals surface area contributed by atoms with Crippen molar-refractivity contribution < 1.29 is 22.7 Å². The molecule has 1 saturated heterocycles. The fourth-order valence-electron chi connectivity index (χ4n) is 3.54. The average molecular weight is 467 g/mol. The van der Waals surface area contributed by atoms with Gasteiger partial charge in [-0.05, 0) is 55.2 Å². The maximum atomic E-state index is 12.9. The summed E-state index contributed by atoms with van der Waals surface area (Å²) in [5.41, 5.74) is 1.11. The minimum Gasteiger partial charge on any atom is -0.493 e. The number of halogens is 1. The molecule has 7 nitrogen and oxygen atoms in total. The molecule has 9 heteroatoms. The van der Waals surface area contributed by atoms with Crippen LogP contribution in [0.3, 0.4) is 0 Å². The van der Waals surface area contributed by atoms with Gasteiger partial charge < -0.3 is 14.8 Å². The molecule has 1 amide bonds. The summed E-state index contributed by atoms with van der Waals surface area (Å²) < 4.78 is 37.8. The lowest BCUT2D eigenvalue weighted by molar-refractivity contribution is 0.0954. The van der Waals surface area contributed by atoms with E-state index >= 15 is 0 Å². The zero-order chi connectivity index (χ0) is 22.4. The molecule has 2 aromatic rings. The topological polar surface area (TPSA) is 84.9 Å². The largest absolute Gasteiger partial charge is 0.493 e. The molecule has 0 atom stereocenters. The standard InChI is InChI=1S/C22H27ClN2O5S/c1-29-20-9-6-16(14-21(20)30-2)10-11-24-22(26)18-15-17(7-8-19(18)23)31(27,28)25-12-4-3-5-13-25/h6-9,14-15H,3-5,10-13H2,1-2H3,(H,24,26). The Morgan fingerprint density at radius 1 is 1.03 bits per heavy atom. The third-order valence-electron chi connectivity index (χ3n) is 5.28. The second kappa shape index (κ2) is 10.3. The van der Waals surface area contributed by atoms with Crippen molar-refractivity contribution in [1.82, 2.24) is 9.62 Å². The number of amides is 1. The van der Waals surface area contributed by atoms with Crippen LogP contribution in [-0.4, -0.2) is 52.5 Å². The molecule has 0 bridgehead atoms. The van der Waals surface area contributed by atoms with Gasteiger partial charge in [0.25, 0.3) is 5.91 Å². The van der Waals surface area contributed by atoms with Gasteiger partial charge in [0.15, 0.2) is 11.5 Å². The fraction of sp³-hybridized carbons (Fsp3) is 0.409. The van der Waals surface area contributed by atoms with E-state index in [9.17, 15) is 13.2 Å². The predicted molar refractivity (Wildman–Crippen MR) is 120 cm³/mol. The Hall–Kier alpha value is -2.29. The van der Waals surface area contributed by atoms with E-state index in [2.05, 4.69) is 5.32 Å². The molecule has 1 aliphatic rings. The van der Waals surface area contributed by atoms with Crippen LogP contribution in [0.2, 0.25) is 5.02 Å². The average Bonchev–Trinajstić information content (AvgIpc) is 2.79. The van der Waals surface area contributed by atoms with Gasteiger partial charge >= 0.3 is 0 Å². The highest BCUT2D eigenvalue weighted by Crippen LogP contribution is 2.28. The first kappa shape index (κ1) is 23.4. The van der Waals surface area contributed by atoms with Crippen LogP contribution in [0.25, 0.3) is 0 Å². The molecular weight excluding hydrogens is 440 g/mol. The second-order valence-electron chi connectivity index (χ2n) is 7.30. The number of nitrogens with one attached hydrogen (secondary N) is 1. The number of piperidine rings is 1. The van der Waals surface area contributed by atoms with E-state index in [1.54, 1.807) is 14.2 Å². The minimum atomic E-state index is -3.64. The monoisotopic (exact) mass is 466 g/mol. The van der Waals surface area contributed by atoms with Crippen LogP contribution < -0.4 is 14.8 Å². The summed E-state index contributed by atoms with van der Waals surface area (Å²) >= 11 is 6.20.